The van der Waals surface area contributed by atoms with Crippen LogP contribution in [0.3, 0.4) is 0 Å². The number of amides is 1. The van der Waals surface area contributed by atoms with E-state index in [9.17, 15) is 9.59 Å². The molecule has 1 aliphatic heterocycles. The number of aromatic nitrogens is 5. The summed E-state index contributed by atoms with van der Waals surface area (Å²) in [5.41, 5.74) is 1.08. The number of hydrogen-bond acceptors (Lipinski definition) is 5. The fraction of sp³-hybridized carbons (Fsp3) is 0.438. The van der Waals surface area contributed by atoms with Gasteiger partial charge in [0.05, 0.1) is 5.52 Å². The lowest BCUT2D eigenvalue weighted by Gasteiger charge is -2.27. The molecule has 0 spiro atoms. The van der Waals surface area contributed by atoms with Crippen molar-refractivity contribution in [3.63, 3.8) is 0 Å². The smallest absolute Gasteiger partial charge is 0.297 e. The number of nitrogens with zero attached hydrogens (tertiary/aromatic N) is 6. The van der Waals surface area contributed by atoms with Crippen molar-refractivity contribution in [3.05, 3.63) is 34.5 Å². The Hall–Kier alpha value is -2.77. The second kappa shape index (κ2) is 5.70. The Morgan fingerprint density at radius 1 is 1.17 bits per heavy atom. The molecule has 0 N–H and O–H groups in total. The van der Waals surface area contributed by atoms with Crippen LogP contribution in [0.15, 0.2) is 23.1 Å². The fourth-order valence-corrected chi connectivity index (χ4v) is 3.29. The van der Waals surface area contributed by atoms with Crippen molar-refractivity contribution in [2.45, 2.75) is 32.7 Å². The standard InChI is InChI=1S/C16H18N6O2/c1-11-18-19-15-16(24)21(10-13(23)20-8-3-2-4-9-20)12-6-5-7-17-14(12)22(11)15/h5-7H,2-4,8-10H2,1H3. The van der Waals surface area contributed by atoms with Crippen molar-refractivity contribution in [1.82, 2.24) is 29.0 Å². The SMILES string of the molecule is Cc1nnc2c(=O)n(CC(=O)N3CCCCC3)c3cccnc3n12. The van der Waals surface area contributed by atoms with Gasteiger partial charge < -0.3 is 4.90 Å². The van der Waals surface area contributed by atoms with E-state index in [1.807, 2.05) is 4.90 Å². The molecule has 0 saturated carbocycles. The molecule has 4 rings (SSSR count). The van der Waals surface area contributed by atoms with Crippen molar-refractivity contribution >= 4 is 22.7 Å². The normalized spacial score (nSPS) is 15.3. The minimum atomic E-state index is -0.318. The van der Waals surface area contributed by atoms with Gasteiger partial charge in [-0.1, -0.05) is 0 Å². The molecule has 1 fully saturated rings. The minimum absolute atomic E-state index is 0.00341. The number of rotatable bonds is 2. The Balaban J connectivity index is 1.86. The molecule has 3 aromatic heterocycles. The van der Waals surface area contributed by atoms with Crippen molar-refractivity contribution in [1.29, 1.82) is 0 Å². The first-order valence-corrected chi connectivity index (χ1v) is 8.14. The van der Waals surface area contributed by atoms with Crippen molar-refractivity contribution < 1.29 is 4.79 Å². The molecule has 4 heterocycles. The second-order valence-corrected chi connectivity index (χ2v) is 6.09. The van der Waals surface area contributed by atoms with E-state index in [4.69, 9.17) is 0 Å². The first kappa shape index (κ1) is 14.8. The van der Waals surface area contributed by atoms with Crippen LogP contribution in [0.5, 0.6) is 0 Å². The maximum Gasteiger partial charge on any atom is 0.297 e. The molecule has 0 aromatic carbocycles. The van der Waals surface area contributed by atoms with Crippen LogP contribution < -0.4 is 5.56 Å². The molecule has 24 heavy (non-hydrogen) atoms. The summed E-state index contributed by atoms with van der Waals surface area (Å²) < 4.78 is 3.10. The van der Waals surface area contributed by atoms with E-state index in [1.54, 1.807) is 29.7 Å². The van der Waals surface area contributed by atoms with E-state index in [0.29, 0.717) is 17.0 Å². The van der Waals surface area contributed by atoms with E-state index in [2.05, 4.69) is 15.2 Å². The number of pyridine rings is 1. The lowest BCUT2D eigenvalue weighted by atomic mass is 10.1. The Morgan fingerprint density at radius 3 is 2.75 bits per heavy atom. The highest BCUT2D eigenvalue weighted by Crippen LogP contribution is 2.14. The summed E-state index contributed by atoms with van der Waals surface area (Å²) in [6, 6.07) is 3.56. The molecular formula is C16H18N6O2. The Bertz CT molecular complexity index is 983. The summed E-state index contributed by atoms with van der Waals surface area (Å²) in [6.07, 6.45) is 4.85. The van der Waals surface area contributed by atoms with Gasteiger partial charge in [-0.3, -0.25) is 18.6 Å². The Labute approximate surface area is 137 Å². The molecule has 1 amide bonds. The van der Waals surface area contributed by atoms with Gasteiger partial charge >= 0.3 is 0 Å². The van der Waals surface area contributed by atoms with Crippen molar-refractivity contribution in [3.8, 4) is 0 Å². The lowest BCUT2D eigenvalue weighted by molar-refractivity contribution is -0.132. The summed E-state index contributed by atoms with van der Waals surface area (Å²) in [5, 5.41) is 7.94. The van der Waals surface area contributed by atoms with Crippen LogP contribution in [0.2, 0.25) is 0 Å². The first-order valence-electron chi connectivity index (χ1n) is 8.14. The summed E-state index contributed by atoms with van der Waals surface area (Å²) in [5.74, 6) is 0.558. The average molecular weight is 326 g/mol. The quantitative estimate of drug-likeness (QED) is 0.694. The van der Waals surface area contributed by atoms with Gasteiger partial charge in [-0.05, 0) is 38.3 Å². The number of fused-ring (bicyclic) bond motifs is 3. The van der Waals surface area contributed by atoms with Crippen LogP contribution in [0.4, 0.5) is 0 Å². The Kier molecular flexibility index (Phi) is 3.51. The predicted molar refractivity (Wildman–Crippen MR) is 87.7 cm³/mol. The molecule has 8 heteroatoms. The van der Waals surface area contributed by atoms with E-state index >= 15 is 0 Å². The molecule has 0 unspecified atom stereocenters. The highest BCUT2D eigenvalue weighted by molar-refractivity contribution is 5.80. The zero-order chi connectivity index (χ0) is 16.7. The van der Waals surface area contributed by atoms with Gasteiger partial charge in [-0.2, -0.15) is 0 Å². The molecular weight excluding hydrogens is 308 g/mol. The van der Waals surface area contributed by atoms with Gasteiger partial charge in [-0.15, -0.1) is 10.2 Å². The third-order valence-corrected chi connectivity index (χ3v) is 4.53. The van der Waals surface area contributed by atoms with Crippen LogP contribution in [0.1, 0.15) is 25.1 Å². The van der Waals surface area contributed by atoms with Crippen LogP contribution >= 0.6 is 0 Å². The summed E-state index contributed by atoms with van der Waals surface area (Å²) in [4.78, 5) is 31.6. The molecule has 0 radical (unpaired) electrons. The highest BCUT2D eigenvalue weighted by Gasteiger charge is 2.21. The van der Waals surface area contributed by atoms with Crippen LogP contribution in [-0.4, -0.2) is 48.0 Å². The molecule has 1 saturated heterocycles. The molecule has 1 aliphatic rings. The number of aryl methyl sites for hydroxylation is 1. The topological polar surface area (TPSA) is 85.4 Å². The fourth-order valence-electron chi connectivity index (χ4n) is 3.29. The van der Waals surface area contributed by atoms with Gasteiger partial charge in [-0.25, -0.2) is 4.98 Å². The van der Waals surface area contributed by atoms with Crippen molar-refractivity contribution in [2.24, 2.45) is 0 Å². The van der Waals surface area contributed by atoms with Gasteiger partial charge in [0, 0.05) is 19.3 Å². The molecule has 0 aliphatic carbocycles. The average Bonchev–Trinajstić information content (AvgIpc) is 3.01. The van der Waals surface area contributed by atoms with E-state index < -0.39 is 0 Å². The molecule has 3 aromatic rings. The molecule has 0 atom stereocenters. The van der Waals surface area contributed by atoms with Crippen LogP contribution in [0.25, 0.3) is 16.8 Å². The third kappa shape index (κ3) is 2.26. The van der Waals surface area contributed by atoms with Crippen molar-refractivity contribution in [2.75, 3.05) is 13.1 Å². The first-order chi connectivity index (χ1) is 11.7. The largest absolute Gasteiger partial charge is 0.341 e. The third-order valence-electron chi connectivity index (χ3n) is 4.53. The Morgan fingerprint density at radius 2 is 1.96 bits per heavy atom. The summed E-state index contributed by atoms with van der Waals surface area (Å²) in [6.45, 7) is 3.30. The number of piperidine rings is 1. The van der Waals surface area contributed by atoms with Crippen LogP contribution in [0, 0.1) is 6.92 Å². The number of likely N-dealkylation sites (tertiary alicyclic amines) is 1. The summed E-state index contributed by atoms with van der Waals surface area (Å²) >= 11 is 0. The number of carbonyl (C=O) groups is 1. The van der Waals surface area contributed by atoms with Gasteiger partial charge in [0.25, 0.3) is 5.56 Å². The minimum Gasteiger partial charge on any atom is -0.341 e. The van der Waals surface area contributed by atoms with E-state index in [0.717, 1.165) is 32.4 Å². The number of carbonyl (C=O) groups excluding carboxylic acids is 1. The predicted octanol–water partition coefficient (Wildman–Crippen LogP) is 0.760. The van der Waals surface area contributed by atoms with Gasteiger partial charge in [0.1, 0.15) is 12.4 Å². The zero-order valence-electron chi connectivity index (χ0n) is 13.5. The molecule has 124 valence electrons. The summed E-state index contributed by atoms with van der Waals surface area (Å²) in [7, 11) is 0. The van der Waals surface area contributed by atoms with E-state index in [-0.39, 0.29) is 23.7 Å². The van der Waals surface area contributed by atoms with Crippen LogP contribution in [-0.2, 0) is 11.3 Å². The lowest BCUT2D eigenvalue weighted by Crippen LogP contribution is -2.40. The maximum atomic E-state index is 12.8. The molecule has 8 nitrogen and oxygen atoms in total. The zero-order valence-corrected chi connectivity index (χ0v) is 13.5. The van der Waals surface area contributed by atoms with Gasteiger partial charge in [0.2, 0.25) is 11.6 Å². The highest BCUT2D eigenvalue weighted by atomic mass is 16.2. The number of hydrogen-bond donors (Lipinski definition) is 0. The van der Waals surface area contributed by atoms with Gasteiger partial charge in [0.15, 0.2) is 5.65 Å². The monoisotopic (exact) mass is 326 g/mol. The maximum absolute atomic E-state index is 12.8. The second-order valence-electron chi connectivity index (χ2n) is 6.09. The van der Waals surface area contributed by atoms with E-state index in [1.165, 1.54) is 4.57 Å². The molecule has 0 bridgehead atoms.